The Bertz CT molecular complexity index is 317. The van der Waals surface area contributed by atoms with E-state index in [4.69, 9.17) is 11.2 Å². The zero-order valence-electron chi connectivity index (χ0n) is 16.8. The third-order valence-electron chi connectivity index (χ3n) is 4.80. The van der Waals surface area contributed by atoms with Crippen LogP contribution in [0.1, 0.15) is 122 Å². The van der Waals surface area contributed by atoms with Crippen LogP contribution in [0.25, 0.3) is 0 Å². The van der Waals surface area contributed by atoms with Crippen molar-refractivity contribution in [3.05, 3.63) is 0 Å². The van der Waals surface area contributed by atoms with Gasteiger partial charge in [0.2, 0.25) is 0 Å². The van der Waals surface area contributed by atoms with Crippen LogP contribution in [0, 0.1) is 12.3 Å². The first-order valence-electron chi connectivity index (χ1n) is 10.9. The number of unbranched alkanes of at least 4 members (excludes halogenated alkanes) is 16. The second kappa shape index (κ2) is 21.1. The van der Waals surface area contributed by atoms with Crippen LogP contribution in [0.5, 0.6) is 0 Å². The molecule has 0 N–H and O–H groups in total. The minimum Gasteiger partial charge on any atom is -0.452 e. The predicted molar refractivity (Wildman–Crippen MR) is 109 cm³/mol. The van der Waals surface area contributed by atoms with Crippen molar-refractivity contribution in [1.29, 1.82) is 0 Å². The number of ether oxygens (including phenoxy) is 1. The molecule has 0 amide bonds. The van der Waals surface area contributed by atoms with Crippen molar-refractivity contribution < 1.29 is 9.53 Å². The molecule has 2 heteroatoms. The summed E-state index contributed by atoms with van der Waals surface area (Å²) in [5, 5.41) is 0. The Hall–Kier alpha value is -0.970. The van der Waals surface area contributed by atoms with E-state index in [2.05, 4.69) is 12.8 Å². The van der Waals surface area contributed by atoms with E-state index in [1.165, 1.54) is 96.3 Å². The molecule has 0 aliphatic heterocycles. The van der Waals surface area contributed by atoms with Crippen LogP contribution in [0.2, 0.25) is 0 Å². The Labute approximate surface area is 157 Å². The topological polar surface area (TPSA) is 26.3 Å². The number of hydrogen-bond acceptors (Lipinski definition) is 2. The van der Waals surface area contributed by atoms with Gasteiger partial charge in [-0.25, -0.2) is 0 Å². The summed E-state index contributed by atoms with van der Waals surface area (Å²) in [6.45, 7) is 2.39. The highest BCUT2D eigenvalue weighted by Crippen LogP contribution is 2.14. The molecular weight excluding hydrogens is 308 g/mol. The molecule has 0 unspecified atom stereocenters. The van der Waals surface area contributed by atoms with E-state index in [-0.39, 0.29) is 12.6 Å². The fraction of sp³-hybridized carbons (Fsp3) is 0.870. The molecule has 146 valence electrons. The number of carbonyl (C=O) groups excluding carboxylic acids is 1. The third-order valence-corrected chi connectivity index (χ3v) is 4.80. The molecule has 0 aromatic carbocycles. The van der Waals surface area contributed by atoms with Crippen molar-refractivity contribution in [2.45, 2.75) is 122 Å². The van der Waals surface area contributed by atoms with Crippen LogP contribution in [-0.4, -0.2) is 12.6 Å². The molecule has 0 aliphatic carbocycles. The van der Waals surface area contributed by atoms with Gasteiger partial charge in [-0.2, -0.15) is 0 Å². The molecule has 0 bridgehead atoms. The van der Waals surface area contributed by atoms with E-state index in [1.54, 1.807) is 0 Å². The van der Waals surface area contributed by atoms with Crippen molar-refractivity contribution in [2.24, 2.45) is 0 Å². The van der Waals surface area contributed by atoms with E-state index in [9.17, 15) is 4.79 Å². The fourth-order valence-electron chi connectivity index (χ4n) is 3.19. The van der Waals surface area contributed by atoms with Crippen molar-refractivity contribution >= 4 is 5.97 Å². The van der Waals surface area contributed by atoms with Crippen LogP contribution in [-0.2, 0) is 9.53 Å². The van der Waals surface area contributed by atoms with Gasteiger partial charge >= 0.3 is 5.97 Å². The average molecular weight is 351 g/mol. The van der Waals surface area contributed by atoms with E-state index in [0.717, 1.165) is 12.8 Å². The second-order valence-corrected chi connectivity index (χ2v) is 7.27. The molecule has 0 aromatic rings. The lowest BCUT2D eigenvalue weighted by atomic mass is 10.0. The van der Waals surface area contributed by atoms with Gasteiger partial charge in [0.05, 0.1) is 0 Å². The quantitative estimate of drug-likeness (QED) is 0.140. The number of hydrogen-bond donors (Lipinski definition) is 0. The Kier molecular flexibility index (Phi) is 20.3. The summed E-state index contributed by atoms with van der Waals surface area (Å²) in [7, 11) is 0. The predicted octanol–water partition coefficient (Wildman–Crippen LogP) is 7.20. The van der Waals surface area contributed by atoms with Gasteiger partial charge in [0.25, 0.3) is 0 Å². The lowest BCUT2D eigenvalue weighted by Crippen LogP contribution is -2.03. The molecule has 0 heterocycles. The summed E-state index contributed by atoms with van der Waals surface area (Å²) >= 11 is 0. The smallest absolute Gasteiger partial charge is 0.306 e. The maximum Gasteiger partial charge on any atom is 0.306 e. The van der Waals surface area contributed by atoms with Gasteiger partial charge < -0.3 is 4.74 Å². The highest BCUT2D eigenvalue weighted by molar-refractivity contribution is 5.69. The third kappa shape index (κ3) is 21.0. The van der Waals surface area contributed by atoms with Gasteiger partial charge in [0.1, 0.15) is 0 Å². The molecule has 2 nitrogen and oxygen atoms in total. The molecule has 0 saturated carbocycles. The molecule has 0 radical (unpaired) electrons. The summed E-state index contributed by atoms with van der Waals surface area (Å²) in [6, 6.07) is 0. The highest BCUT2D eigenvalue weighted by atomic mass is 16.5. The molecule has 0 fully saturated rings. The van der Waals surface area contributed by atoms with E-state index < -0.39 is 0 Å². The monoisotopic (exact) mass is 350 g/mol. The summed E-state index contributed by atoms with van der Waals surface area (Å²) in [4.78, 5) is 11.2. The average Bonchev–Trinajstić information content (AvgIpc) is 2.62. The Morgan fingerprint density at radius 1 is 0.680 bits per heavy atom. The number of carbonyl (C=O) groups is 1. The minimum absolute atomic E-state index is 0.109. The standard InChI is InChI=1S/C23H42O2/c1-3-5-6-7-8-9-10-11-12-13-14-15-16-17-18-19-20-21-23(24)25-22-4-2/h2H,3,5-22H2,1H3. The fourth-order valence-corrected chi connectivity index (χ4v) is 3.19. The number of terminal acetylenes is 1. The van der Waals surface area contributed by atoms with Crippen LogP contribution in [0.15, 0.2) is 0 Å². The van der Waals surface area contributed by atoms with Crippen LogP contribution >= 0.6 is 0 Å². The van der Waals surface area contributed by atoms with Crippen molar-refractivity contribution in [1.82, 2.24) is 0 Å². The minimum atomic E-state index is -0.154. The van der Waals surface area contributed by atoms with Gasteiger partial charge in [0.15, 0.2) is 6.61 Å². The van der Waals surface area contributed by atoms with Gasteiger partial charge in [-0.1, -0.05) is 116 Å². The number of rotatable bonds is 19. The molecular formula is C23H42O2. The Morgan fingerprint density at radius 3 is 1.40 bits per heavy atom. The molecule has 0 rings (SSSR count). The first-order chi connectivity index (χ1) is 12.3. The van der Waals surface area contributed by atoms with Crippen LogP contribution in [0.4, 0.5) is 0 Å². The first kappa shape index (κ1) is 24.0. The van der Waals surface area contributed by atoms with Crippen LogP contribution < -0.4 is 0 Å². The Balaban J connectivity index is 3.05. The lowest BCUT2D eigenvalue weighted by Gasteiger charge is -2.04. The van der Waals surface area contributed by atoms with Gasteiger partial charge in [-0.3, -0.25) is 4.79 Å². The molecule has 0 spiro atoms. The van der Waals surface area contributed by atoms with Gasteiger partial charge in [0, 0.05) is 6.42 Å². The number of esters is 1. The summed E-state index contributed by atoms with van der Waals surface area (Å²) in [5.41, 5.74) is 0. The molecule has 0 atom stereocenters. The summed E-state index contributed by atoms with van der Waals surface area (Å²) < 4.78 is 4.85. The largest absolute Gasteiger partial charge is 0.452 e. The molecule has 0 aromatic heterocycles. The van der Waals surface area contributed by atoms with Crippen molar-refractivity contribution in [3.8, 4) is 12.3 Å². The van der Waals surface area contributed by atoms with Gasteiger partial charge in [-0.05, 0) is 6.42 Å². The maximum atomic E-state index is 11.2. The van der Waals surface area contributed by atoms with E-state index in [1.807, 2.05) is 0 Å². The zero-order valence-corrected chi connectivity index (χ0v) is 16.8. The SMILES string of the molecule is C#CCOC(=O)CCCCCCCCCCCCCCCCCCC. The highest BCUT2D eigenvalue weighted by Gasteiger charge is 2.01. The van der Waals surface area contributed by atoms with E-state index in [0.29, 0.717) is 6.42 Å². The first-order valence-corrected chi connectivity index (χ1v) is 10.9. The normalized spacial score (nSPS) is 10.6. The molecule has 25 heavy (non-hydrogen) atoms. The second-order valence-electron chi connectivity index (χ2n) is 7.27. The van der Waals surface area contributed by atoms with Crippen molar-refractivity contribution in [3.63, 3.8) is 0 Å². The molecule has 0 saturated heterocycles. The van der Waals surface area contributed by atoms with Crippen LogP contribution in [0.3, 0.4) is 0 Å². The summed E-state index contributed by atoms with van der Waals surface area (Å²) in [5.74, 6) is 2.16. The zero-order chi connectivity index (χ0) is 18.4. The lowest BCUT2D eigenvalue weighted by molar-refractivity contribution is -0.142. The van der Waals surface area contributed by atoms with Gasteiger partial charge in [-0.15, -0.1) is 6.42 Å². The Morgan fingerprint density at radius 2 is 1.04 bits per heavy atom. The van der Waals surface area contributed by atoms with E-state index >= 15 is 0 Å². The summed E-state index contributed by atoms with van der Waals surface area (Å²) in [6.07, 6.45) is 28.5. The van der Waals surface area contributed by atoms with Crippen molar-refractivity contribution in [2.75, 3.05) is 6.61 Å². The maximum absolute atomic E-state index is 11.2. The molecule has 0 aliphatic rings.